The van der Waals surface area contributed by atoms with Crippen LogP contribution in [0.5, 0.6) is 0 Å². The zero-order chi connectivity index (χ0) is 13.0. The van der Waals surface area contributed by atoms with Crippen molar-refractivity contribution in [2.75, 3.05) is 38.6 Å². The highest BCUT2D eigenvalue weighted by molar-refractivity contribution is 5.31. The van der Waals surface area contributed by atoms with Crippen LogP contribution in [0, 0.1) is 0 Å². The fourth-order valence-corrected chi connectivity index (χ4v) is 2.46. The third kappa shape index (κ3) is 3.23. The maximum absolute atomic E-state index is 5.61. The highest BCUT2D eigenvalue weighted by Gasteiger charge is 2.28. The van der Waals surface area contributed by atoms with Gasteiger partial charge in [-0.15, -0.1) is 0 Å². The normalized spacial score (nSPS) is 20.0. The van der Waals surface area contributed by atoms with Crippen molar-refractivity contribution in [3.63, 3.8) is 0 Å². The van der Waals surface area contributed by atoms with Crippen molar-refractivity contribution in [1.82, 2.24) is 15.2 Å². The zero-order valence-electron chi connectivity index (χ0n) is 11.6. The minimum atomic E-state index is 0.533. The van der Waals surface area contributed by atoms with Gasteiger partial charge in [-0.2, -0.15) is 4.98 Å². The molecule has 18 heavy (non-hydrogen) atoms. The van der Waals surface area contributed by atoms with Crippen molar-refractivity contribution in [3.8, 4) is 0 Å². The Hall–Kier alpha value is -1.07. The van der Waals surface area contributed by atoms with Gasteiger partial charge in [0.25, 0.3) is 6.01 Å². The second-order valence-corrected chi connectivity index (χ2v) is 5.15. The van der Waals surface area contributed by atoms with Crippen molar-refractivity contribution < 1.29 is 4.42 Å². The highest BCUT2D eigenvalue weighted by atomic mass is 16.4. The molecule has 2 heterocycles. The predicted molar refractivity (Wildman–Crippen MR) is 72.8 cm³/mol. The van der Waals surface area contributed by atoms with Crippen molar-refractivity contribution in [3.05, 3.63) is 12.0 Å². The highest BCUT2D eigenvalue weighted by Crippen LogP contribution is 2.25. The van der Waals surface area contributed by atoms with Gasteiger partial charge in [0.2, 0.25) is 0 Å². The van der Waals surface area contributed by atoms with Gasteiger partial charge < -0.3 is 19.5 Å². The van der Waals surface area contributed by atoms with E-state index in [0.717, 1.165) is 37.9 Å². The Balaban J connectivity index is 1.98. The number of hydrogen-bond acceptors (Lipinski definition) is 5. The second-order valence-electron chi connectivity index (χ2n) is 5.15. The Morgan fingerprint density at radius 1 is 1.56 bits per heavy atom. The molecular weight excluding hydrogens is 228 g/mol. The summed E-state index contributed by atoms with van der Waals surface area (Å²) >= 11 is 0. The number of anilines is 1. The Morgan fingerprint density at radius 3 is 3.11 bits per heavy atom. The molecule has 0 spiro atoms. The molecule has 0 aromatic carbocycles. The molecular formula is C13H24N4O. The molecule has 5 heteroatoms. The van der Waals surface area contributed by atoms with Crippen molar-refractivity contribution >= 4 is 6.01 Å². The lowest BCUT2D eigenvalue weighted by atomic mass is 10.2. The lowest BCUT2D eigenvalue weighted by Crippen LogP contribution is -2.37. The van der Waals surface area contributed by atoms with E-state index in [1.54, 1.807) is 6.26 Å². The molecule has 1 aromatic heterocycles. The standard InChI is InChI=1S/C13H24N4O/c1-4-14-8-11-10-18-13(15-11)17-7-5-6-12(17)9-16(2)3/h10,12,14H,4-9H2,1-3H3. The lowest BCUT2D eigenvalue weighted by molar-refractivity contribution is 0.365. The Bertz CT molecular complexity index is 364. The van der Waals surface area contributed by atoms with E-state index in [1.165, 1.54) is 12.8 Å². The Labute approximate surface area is 109 Å². The first-order valence-corrected chi connectivity index (χ1v) is 6.77. The summed E-state index contributed by atoms with van der Waals surface area (Å²) in [4.78, 5) is 9.09. The quantitative estimate of drug-likeness (QED) is 0.827. The van der Waals surface area contributed by atoms with Crippen LogP contribution in [0.25, 0.3) is 0 Å². The van der Waals surface area contributed by atoms with Crippen LogP contribution in [-0.4, -0.2) is 49.7 Å². The molecule has 2 rings (SSSR count). The summed E-state index contributed by atoms with van der Waals surface area (Å²) in [6.07, 6.45) is 4.22. The van der Waals surface area contributed by atoms with E-state index >= 15 is 0 Å². The van der Waals surface area contributed by atoms with E-state index in [0.29, 0.717) is 6.04 Å². The van der Waals surface area contributed by atoms with Gasteiger partial charge in [0.1, 0.15) is 6.26 Å². The van der Waals surface area contributed by atoms with E-state index < -0.39 is 0 Å². The van der Waals surface area contributed by atoms with E-state index in [-0.39, 0.29) is 0 Å². The molecule has 0 aliphatic carbocycles. The number of oxazole rings is 1. The summed E-state index contributed by atoms with van der Waals surface area (Å²) in [6.45, 7) is 5.94. The molecule has 102 valence electrons. The van der Waals surface area contributed by atoms with Crippen LogP contribution in [-0.2, 0) is 6.54 Å². The minimum Gasteiger partial charge on any atom is -0.432 e. The molecule has 1 fully saturated rings. The van der Waals surface area contributed by atoms with E-state index in [1.807, 2.05) is 0 Å². The third-order valence-electron chi connectivity index (χ3n) is 3.29. The summed E-state index contributed by atoms with van der Waals surface area (Å²) in [7, 11) is 4.23. The van der Waals surface area contributed by atoms with Crippen LogP contribution in [0.4, 0.5) is 6.01 Å². The third-order valence-corrected chi connectivity index (χ3v) is 3.29. The van der Waals surface area contributed by atoms with E-state index in [9.17, 15) is 0 Å². The van der Waals surface area contributed by atoms with Crippen LogP contribution >= 0.6 is 0 Å². The second kappa shape index (κ2) is 6.20. The topological polar surface area (TPSA) is 44.5 Å². The van der Waals surface area contributed by atoms with Crippen molar-refractivity contribution in [2.24, 2.45) is 0 Å². The minimum absolute atomic E-state index is 0.533. The van der Waals surface area contributed by atoms with Crippen LogP contribution in [0.15, 0.2) is 10.7 Å². The molecule has 1 saturated heterocycles. The number of nitrogens with zero attached hydrogens (tertiary/aromatic N) is 3. The lowest BCUT2D eigenvalue weighted by Gasteiger charge is -2.25. The molecule has 0 bridgehead atoms. The van der Waals surface area contributed by atoms with Gasteiger partial charge in [0.15, 0.2) is 0 Å². The molecule has 1 atom stereocenters. The van der Waals surface area contributed by atoms with E-state index in [4.69, 9.17) is 4.42 Å². The van der Waals surface area contributed by atoms with Gasteiger partial charge in [0.05, 0.1) is 5.69 Å². The monoisotopic (exact) mass is 252 g/mol. The van der Waals surface area contributed by atoms with Crippen LogP contribution in [0.1, 0.15) is 25.5 Å². The van der Waals surface area contributed by atoms with Crippen LogP contribution in [0.2, 0.25) is 0 Å². The molecule has 1 aromatic rings. The smallest absolute Gasteiger partial charge is 0.297 e. The summed E-state index contributed by atoms with van der Waals surface area (Å²) in [6, 6.07) is 1.32. The maximum Gasteiger partial charge on any atom is 0.297 e. The van der Waals surface area contributed by atoms with Crippen LogP contribution < -0.4 is 10.2 Å². The molecule has 1 unspecified atom stereocenters. The number of rotatable bonds is 6. The molecule has 0 radical (unpaired) electrons. The van der Waals surface area contributed by atoms with Gasteiger partial charge in [0, 0.05) is 25.7 Å². The predicted octanol–water partition coefficient (Wildman–Crippen LogP) is 1.31. The van der Waals surface area contributed by atoms with E-state index in [2.05, 4.69) is 41.1 Å². The first kappa shape index (κ1) is 13.4. The molecule has 0 saturated carbocycles. The maximum atomic E-state index is 5.61. The summed E-state index contributed by atoms with van der Waals surface area (Å²) < 4.78 is 5.61. The average molecular weight is 252 g/mol. The molecule has 5 nitrogen and oxygen atoms in total. The number of hydrogen-bond donors (Lipinski definition) is 1. The molecule has 1 aliphatic heterocycles. The van der Waals surface area contributed by atoms with Gasteiger partial charge in [-0.3, -0.25) is 0 Å². The van der Waals surface area contributed by atoms with Gasteiger partial charge in [-0.1, -0.05) is 6.92 Å². The SMILES string of the molecule is CCNCc1coc(N2CCCC2CN(C)C)n1. The fraction of sp³-hybridized carbons (Fsp3) is 0.769. The molecule has 1 N–H and O–H groups in total. The summed E-state index contributed by atoms with van der Waals surface area (Å²) in [5.74, 6) is 0. The Kier molecular flexibility index (Phi) is 4.60. The number of nitrogens with one attached hydrogen (secondary N) is 1. The fourth-order valence-electron chi connectivity index (χ4n) is 2.46. The summed E-state index contributed by atoms with van der Waals surface area (Å²) in [5.41, 5.74) is 0.988. The first-order chi connectivity index (χ1) is 8.70. The largest absolute Gasteiger partial charge is 0.432 e. The Morgan fingerprint density at radius 2 is 2.39 bits per heavy atom. The van der Waals surface area contributed by atoms with Gasteiger partial charge >= 0.3 is 0 Å². The first-order valence-electron chi connectivity index (χ1n) is 6.77. The van der Waals surface area contributed by atoms with Crippen LogP contribution in [0.3, 0.4) is 0 Å². The number of likely N-dealkylation sites (N-methyl/N-ethyl adjacent to an activating group) is 1. The van der Waals surface area contributed by atoms with Gasteiger partial charge in [-0.05, 0) is 33.5 Å². The molecule has 1 aliphatic rings. The van der Waals surface area contributed by atoms with Crippen molar-refractivity contribution in [1.29, 1.82) is 0 Å². The average Bonchev–Trinajstić information content (AvgIpc) is 2.93. The van der Waals surface area contributed by atoms with Gasteiger partial charge in [-0.25, -0.2) is 0 Å². The zero-order valence-corrected chi connectivity index (χ0v) is 11.6. The number of aromatic nitrogens is 1. The molecule has 0 amide bonds. The summed E-state index contributed by atoms with van der Waals surface area (Å²) in [5, 5.41) is 3.26. The van der Waals surface area contributed by atoms with Crippen molar-refractivity contribution in [2.45, 2.75) is 32.4 Å².